The standard InChI is InChI=1S/C21H24N6O2S.ClH/c1-13-11-30-19(25-13)21(27-7-5-20(2,28)12-27)9-16(23)15(10-22)18(26-21)17-8-14(29-3)4-6-24-17;/h4,6,8-9,11,26,28H,5,7,12,23H2,1-3H3;1H/t20?,21-;/m1./s1. The van der Waals surface area contributed by atoms with E-state index >= 15 is 0 Å². The molecule has 2 aromatic heterocycles. The maximum atomic E-state index is 10.6. The Hall–Kier alpha value is -2.64. The number of nitrogens with zero attached hydrogens (tertiary/aromatic N) is 4. The van der Waals surface area contributed by atoms with Crippen molar-refractivity contribution in [2.24, 2.45) is 5.73 Å². The lowest BCUT2D eigenvalue weighted by Gasteiger charge is -2.43. The molecule has 2 aliphatic heterocycles. The van der Waals surface area contributed by atoms with Gasteiger partial charge in [0.1, 0.15) is 22.4 Å². The zero-order valence-corrected chi connectivity index (χ0v) is 19.2. The van der Waals surface area contributed by atoms with Crippen molar-refractivity contribution in [1.82, 2.24) is 20.2 Å². The number of allylic oxidation sites excluding steroid dienone is 1. The summed E-state index contributed by atoms with van der Waals surface area (Å²) >= 11 is 1.51. The summed E-state index contributed by atoms with van der Waals surface area (Å²) in [7, 11) is 1.58. The van der Waals surface area contributed by atoms with Crippen LogP contribution in [0.4, 0.5) is 0 Å². The molecule has 1 saturated heterocycles. The Labute approximate surface area is 191 Å². The van der Waals surface area contributed by atoms with Gasteiger partial charge in [0.2, 0.25) is 0 Å². The lowest BCUT2D eigenvalue weighted by atomic mass is 9.95. The SMILES string of the molecule is COc1ccnc(C2=C(C#N)C(N)=C[C@](c3nc(C)cs3)(N3CCC(C)(O)C3)N2)c1.Cl. The van der Waals surface area contributed by atoms with Crippen LogP contribution in [-0.2, 0) is 5.66 Å². The lowest BCUT2D eigenvalue weighted by molar-refractivity contribution is 0.0460. The highest BCUT2D eigenvalue weighted by Gasteiger charge is 2.48. The Morgan fingerprint density at radius 1 is 1.45 bits per heavy atom. The van der Waals surface area contributed by atoms with Crippen LogP contribution < -0.4 is 15.8 Å². The number of halogens is 1. The van der Waals surface area contributed by atoms with Gasteiger partial charge in [0.25, 0.3) is 0 Å². The molecule has 0 saturated carbocycles. The number of dihydropyridines is 1. The van der Waals surface area contributed by atoms with Crippen molar-refractivity contribution < 1.29 is 9.84 Å². The molecule has 31 heavy (non-hydrogen) atoms. The monoisotopic (exact) mass is 460 g/mol. The summed E-state index contributed by atoms with van der Waals surface area (Å²) in [5, 5.41) is 26.8. The van der Waals surface area contributed by atoms with Crippen molar-refractivity contribution in [2.45, 2.75) is 31.5 Å². The smallest absolute Gasteiger partial charge is 0.166 e. The van der Waals surface area contributed by atoms with Gasteiger partial charge in [0.05, 0.1) is 29.8 Å². The Balaban J connectivity index is 0.00000272. The quantitative estimate of drug-likeness (QED) is 0.635. The third-order valence-corrected chi connectivity index (χ3v) is 6.53. The normalized spacial score (nSPS) is 26.0. The molecule has 0 aromatic carbocycles. The molecule has 2 atom stereocenters. The first-order valence-electron chi connectivity index (χ1n) is 9.60. The molecule has 4 heterocycles. The number of pyridine rings is 1. The summed E-state index contributed by atoms with van der Waals surface area (Å²) in [5.74, 6) is 0.625. The highest BCUT2D eigenvalue weighted by Crippen LogP contribution is 2.41. The number of aromatic nitrogens is 2. The second-order valence-corrected chi connectivity index (χ2v) is 8.75. The molecule has 1 unspecified atom stereocenters. The second kappa shape index (κ2) is 8.48. The molecule has 0 spiro atoms. The topological polar surface area (TPSA) is 120 Å². The third kappa shape index (κ3) is 4.12. The van der Waals surface area contributed by atoms with E-state index in [-0.39, 0.29) is 12.4 Å². The van der Waals surface area contributed by atoms with Gasteiger partial charge in [-0.25, -0.2) is 4.98 Å². The van der Waals surface area contributed by atoms with Crippen molar-refractivity contribution in [3.63, 3.8) is 0 Å². The molecule has 2 aliphatic rings. The Bertz CT molecular complexity index is 1090. The van der Waals surface area contributed by atoms with E-state index in [9.17, 15) is 10.4 Å². The van der Waals surface area contributed by atoms with Gasteiger partial charge in [-0.15, -0.1) is 23.7 Å². The van der Waals surface area contributed by atoms with Crippen LogP contribution in [-0.4, -0.2) is 45.8 Å². The number of hydrogen-bond donors (Lipinski definition) is 3. The predicted molar refractivity (Wildman–Crippen MR) is 121 cm³/mol. The van der Waals surface area contributed by atoms with E-state index in [4.69, 9.17) is 15.5 Å². The number of nitriles is 1. The average Bonchev–Trinajstić information content (AvgIpc) is 3.33. The number of nitrogens with one attached hydrogen (secondary N) is 1. The maximum Gasteiger partial charge on any atom is 0.166 e. The van der Waals surface area contributed by atoms with Gasteiger partial charge >= 0.3 is 0 Å². The largest absolute Gasteiger partial charge is 0.497 e. The van der Waals surface area contributed by atoms with E-state index in [1.54, 1.807) is 25.4 Å². The minimum absolute atomic E-state index is 0. The molecular weight excluding hydrogens is 436 g/mol. The molecule has 0 bridgehead atoms. The number of likely N-dealkylation sites (tertiary alicyclic amines) is 1. The van der Waals surface area contributed by atoms with Crippen molar-refractivity contribution in [1.29, 1.82) is 5.26 Å². The summed E-state index contributed by atoms with van der Waals surface area (Å²) in [6.07, 6.45) is 4.08. The minimum Gasteiger partial charge on any atom is -0.497 e. The first-order chi connectivity index (χ1) is 14.3. The summed E-state index contributed by atoms with van der Waals surface area (Å²) < 4.78 is 5.34. The number of rotatable bonds is 4. The third-order valence-electron chi connectivity index (χ3n) is 5.45. The van der Waals surface area contributed by atoms with Crippen molar-refractivity contribution in [3.8, 4) is 11.8 Å². The molecule has 1 fully saturated rings. The molecule has 4 rings (SSSR count). The van der Waals surface area contributed by atoms with Crippen LogP contribution in [0.5, 0.6) is 5.75 Å². The van der Waals surface area contributed by atoms with Gasteiger partial charge < -0.3 is 20.9 Å². The number of aliphatic hydroxyl groups is 1. The van der Waals surface area contributed by atoms with Crippen LogP contribution >= 0.6 is 23.7 Å². The Morgan fingerprint density at radius 3 is 2.81 bits per heavy atom. The number of thiazole rings is 1. The van der Waals surface area contributed by atoms with Gasteiger partial charge in [-0.2, -0.15) is 5.26 Å². The summed E-state index contributed by atoms with van der Waals surface area (Å²) in [6.45, 7) is 4.84. The summed E-state index contributed by atoms with van der Waals surface area (Å²) in [5.41, 5.74) is 7.30. The summed E-state index contributed by atoms with van der Waals surface area (Å²) in [6, 6.07) is 5.70. The number of ether oxygens (including phenoxy) is 1. The van der Waals surface area contributed by atoms with Gasteiger partial charge in [-0.05, 0) is 32.4 Å². The first kappa shape index (κ1) is 23.0. The molecule has 0 radical (unpaired) electrons. The van der Waals surface area contributed by atoms with E-state index in [1.807, 2.05) is 25.3 Å². The number of nitrogens with two attached hydrogens (primary N) is 1. The predicted octanol–water partition coefficient (Wildman–Crippen LogP) is 2.27. The molecule has 164 valence electrons. The van der Waals surface area contributed by atoms with Crippen LogP contribution in [0, 0.1) is 18.3 Å². The van der Waals surface area contributed by atoms with Gasteiger partial charge in [0.15, 0.2) is 5.66 Å². The highest BCUT2D eigenvalue weighted by atomic mass is 35.5. The van der Waals surface area contributed by atoms with Crippen LogP contribution in [0.15, 0.2) is 41.1 Å². The molecule has 8 nitrogen and oxygen atoms in total. The number of hydrogen-bond acceptors (Lipinski definition) is 9. The van der Waals surface area contributed by atoms with Gasteiger partial charge in [-0.1, -0.05) is 0 Å². The van der Waals surface area contributed by atoms with Crippen molar-refractivity contribution in [3.05, 3.63) is 57.5 Å². The van der Waals surface area contributed by atoms with E-state index in [0.29, 0.717) is 47.9 Å². The van der Waals surface area contributed by atoms with Gasteiger partial charge in [-0.3, -0.25) is 9.88 Å². The van der Waals surface area contributed by atoms with Crippen LogP contribution in [0.3, 0.4) is 0 Å². The number of β-amino-alcohol motifs (C(OH)–C–C–N with tert-alkyl or cyclic N) is 1. The van der Waals surface area contributed by atoms with Crippen LogP contribution in [0.25, 0.3) is 5.70 Å². The molecule has 0 amide bonds. The molecule has 2 aromatic rings. The molecular formula is C21H25ClN6O2S. The Morgan fingerprint density at radius 2 is 2.23 bits per heavy atom. The molecule has 0 aliphatic carbocycles. The molecule has 10 heteroatoms. The lowest BCUT2D eigenvalue weighted by Crippen LogP contribution is -2.56. The fourth-order valence-electron chi connectivity index (χ4n) is 3.91. The zero-order chi connectivity index (χ0) is 21.5. The second-order valence-electron chi connectivity index (χ2n) is 7.90. The van der Waals surface area contributed by atoms with Crippen molar-refractivity contribution >= 4 is 29.4 Å². The van der Waals surface area contributed by atoms with E-state index in [0.717, 1.165) is 10.7 Å². The Kier molecular flexibility index (Phi) is 6.30. The zero-order valence-electron chi connectivity index (χ0n) is 17.5. The van der Waals surface area contributed by atoms with E-state index in [1.165, 1.54) is 11.3 Å². The van der Waals surface area contributed by atoms with E-state index in [2.05, 4.69) is 21.3 Å². The van der Waals surface area contributed by atoms with Crippen molar-refractivity contribution in [2.75, 3.05) is 20.2 Å². The van der Waals surface area contributed by atoms with E-state index < -0.39 is 11.3 Å². The fraction of sp³-hybridized carbons (Fsp3) is 0.381. The molecule has 4 N–H and O–H groups in total. The average molecular weight is 461 g/mol. The minimum atomic E-state index is -0.899. The van der Waals surface area contributed by atoms with Crippen LogP contribution in [0.2, 0.25) is 0 Å². The highest BCUT2D eigenvalue weighted by molar-refractivity contribution is 7.09. The summed E-state index contributed by atoms with van der Waals surface area (Å²) in [4.78, 5) is 11.3. The number of methoxy groups -OCH3 is 1. The fourth-order valence-corrected chi connectivity index (χ4v) is 4.86. The van der Waals surface area contributed by atoms with Crippen LogP contribution in [0.1, 0.15) is 29.7 Å². The first-order valence-corrected chi connectivity index (χ1v) is 10.5. The maximum absolute atomic E-state index is 10.6. The number of aryl methyl sites for hydroxylation is 1. The van der Waals surface area contributed by atoms with Gasteiger partial charge in [0, 0.05) is 36.4 Å².